The summed E-state index contributed by atoms with van der Waals surface area (Å²) in [5.74, 6) is -0.290. The van der Waals surface area contributed by atoms with Crippen molar-refractivity contribution in [2.75, 3.05) is 0 Å². The Bertz CT molecular complexity index is 1450. The molecule has 0 aliphatic heterocycles. The predicted molar refractivity (Wildman–Crippen MR) is 125 cm³/mol. The molecule has 1 N–H and O–H groups in total. The molecule has 0 unspecified atom stereocenters. The van der Waals surface area contributed by atoms with Crippen molar-refractivity contribution in [3.63, 3.8) is 0 Å². The molecule has 5 rings (SSSR count). The van der Waals surface area contributed by atoms with Gasteiger partial charge in [-0.25, -0.2) is 10.1 Å². The molecule has 1 amide bonds. The van der Waals surface area contributed by atoms with Crippen molar-refractivity contribution < 1.29 is 4.79 Å². The Labute approximate surface area is 192 Å². The molecule has 3 aromatic carbocycles. The molecule has 2 heterocycles. The van der Waals surface area contributed by atoms with Gasteiger partial charge >= 0.3 is 0 Å². The van der Waals surface area contributed by atoms with Gasteiger partial charge in [-0.2, -0.15) is 0 Å². The average molecular weight is 461 g/mol. The van der Waals surface area contributed by atoms with Crippen molar-refractivity contribution in [1.29, 1.82) is 0 Å². The van der Waals surface area contributed by atoms with E-state index in [2.05, 4.69) is 20.8 Å². The highest BCUT2D eigenvalue weighted by molar-refractivity contribution is 7.07. The van der Waals surface area contributed by atoms with Crippen LogP contribution in [0.25, 0.3) is 28.0 Å². The van der Waals surface area contributed by atoms with Crippen LogP contribution < -0.4 is 10.2 Å². The van der Waals surface area contributed by atoms with Crippen molar-refractivity contribution in [3.8, 4) is 16.9 Å². The van der Waals surface area contributed by atoms with Gasteiger partial charge in [-0.1, -0.05) is 59.3 Å². The minimum absolute atomic E-state index is 0.0186. The van der Waals surface area contributed by atoms with E-state index >= 15 is 0 Å². The van der Waals surface area contributed by atoms with Crippen LogP contribution in [0.3, 0.4) is 0 Å². The molecule has 0 aliphatic carbocycles. The number of para-hydroxylation sites is 2. The standard InChI is InChI=1S/C23H17ClN6OS/c24-17-12-10-16(11-13-17)21-15-32-23(30(21)18-6-2-1-3-7-18)27-26-22(31)14-29-20-9-5-4-8-19(20)25-28-29/h1-13,15H,14H2,(H,26,31)/b27-23-. The van der Waals surface area contributed by atoms with E-state index in [1.54, 1.807) is 4.68 Å². The first-order valence-electron chi connectivity index (χ1n) is 9.82. The summed E-state index contributed by atoms with van der Waals surface area (Å²) in [5.41, 5.74) is 7.07. The van der Waals surface area contributed by atoms with Gasteiger partial charge in [0.15, 0.2) is 0 Å². The first-order valence-corrected chi connectivity index (χ1v) is 11.1. The third-order valence-corrected chi connectivity index (χ3v) is 5.93. The van der Waals surface area contributed by atoms with Crippen molar-refractivity contribution in [2.24, 2.45) is 5.10 Å². The maximum atomic E-state index is 12.6. The molecule has 9 heteroatoms. The largest absolute Gasteiger partial charge is 0.284 e. The molecule has 32 heavy (non-hydrogen) atoms. The molecule has 0 spiro atoms. The monoisotopic (exact) mass is 460 g/mol. The number of hydrogen-bond donors (Lipinski definition) is 1. The molecule has 2 aromatic heterocycles. The first kappa shape index (κ1) is 20.2. The number of carbonyl (C=O) groups excluding carboxylic acids is 1. The van der Waals surface area contributed by atoms with Crippen LogP contribution in [0.5, 0.6) is 0 Å². The molecule has 0 fully saturated rings. The number of amides is 1. The molecule has 0 saturated carbocycles. The molecule has 0 aliphatic rings. The van der Waals surface area contributed by atoms with E-state index < -0.39 is 0 Å². The summed E-state index contributed by atoms with van der Waals surface area (Å²) in [6.07, 6.45) is 0. The quantitative estimate of drug-likeness (QED) is 0.398. The van der Waals surface area contributed by atoms with E-state index in [-0.39, 0.29) is 12.5 Å². The second kappa shape index (κ2) is 8.78. The second-order valence-electron chi connectivity index (χ2n) is 6.96. The maximum absolute atomic E-state index is 12.6. The highest BCUT2D eigenvalue weighted by atomic mass is 35.5. The highest BCUT2D eigenvalue weighted by Gasteiger charge is 2.12. The van der Waals surface area contributed by atoms with Crippen molar-refractivity contribution in [1.82, 2.24) is 25.0 Å². The number of benzene rings is 3. The van der Waals surface area contributed by atoms with Crippen LogP contribution in [0.2, 0.25) is 5.02 Å². The van der Waals surface area contributed by atoms with E-state index in [9.17, 15) is 4.79 Å². The van der Waals surface area contributed by atoms with Crippen molar-refractivity contribution >= 4 is 39.9 Å². The number of nitrogens with one attached hydrogen (secondary N) is 1. The van der Waals surface area contributed by atoms with Crippen LogP contribution >= 0.6 is 22.9 Å². The fraction of sp³-hybridized carbons (Fsp3) is 0.0435. The summed E-state index contributed by atoms with van der Waals surface area (Å²) in [4.78, 5) is 13.2. The number of hydrogen-bond acceptors (Lipinski definition) is 5. The van der Waals surface area contributed by atoms with Gasteiger partial charge in [0.05, 0.1) is 11.2 Å². The van der Waals surface area contributed by atoms with Crippen LogP contribution in [0.15, 0.2) is 89.3 Å². The first-order chi connectivity index (χ1) is 15.7. The average Bonchev–Trinajstić information content (AvgIpc) is 3.43. The fourth-order valence-corrected chi connectivity index (χ4v) is 4.35. The van der Waals surface area contributed by atoms with Gasteiger partial charge < -0.3 is 0 Å². The van der Waals surface area contributed by atoms with Gasteiger partial charge in [-0.3, -0.25) is 9.36 Å². The van der Waals surface area contributed by atoms with Crippen LogP contribution in [-0.2, 0) is 11.3 Å². The van der Waals surface area contributed by atoms with Gasteiger partial charge in [-0.05, 0) is 42.0 Å². The number of rotatable bonds is 5. The normalized spacial score (nSPS) is 11.7. The lowest BCUT2D eigenvalue weighted by Crippen LogP contribution is -2.27. The number of carbonyl (C=O) groups is 1. The third-order valence-electron chi connectivity index (χ3n) is 4.85. The molecule has 7 nitrogen and oxygen atoms in total. The van der Waals surface area contributed by atoms with Crippen molar-refractivity contribution in [2.45, 2.75) is 6.54 Å². The minimum Gasteiger partial charge on any atom is -0.284 e. The Morgan fingerprint density at radius 3 is 2.56 bits per heavy atom. The van der Waals surface area contributed by atoms with E-state index in [4.69, 9.17) is 11.6 Å². The second-order valence-corrected chi connectivity index (χ2v) is 8.24. The summed E-state index contributed by atoms with van der Waals surface area (Å²) in [6.45, 7) is 0.0186. The van der Waals surface area contributed by atoms with E-state index in [1.165, 1.54) is 11.3 Å². The lowest BCUT2D eigenvalue weighted by Gasteiger charge is -2.09. The number of halogens is 1. The van der Waals surface area contributed by atoms with E-state index in [1.807, 2.05) is 88.8 Å². The Balaban J connectivity index is 1.47. The molecular formula is C23H17ClN6OS. The number of thiazole rings is 1. The third kappa shape index (κ3) is 4.05. The Morgan fingerprint density at radius 2 is 1.75 bits per heavy atom. The van der Waals surface area contributed by atoms with Crippen LogP contribution in [0.4, 0.5) is 0 Å². The van der Waals surface area contributed by atoms with Gasteiger partial charge in [0, 0.05) is 16.1 Å². The Hall–Kier alpha value is -3.75. The summed E-state index contributed by atoms with van der Waals surface area (Å²) < 4.78 is 3.55. The topological polar surface area (TPSA) is 77.1 Å². The molecule has 0 bridgehead atoms. The molecule has 0 radical (unpaired) electrons. The molecule has 0 saturated heterocycles. The zero-order valence-corrected chi connectivity index (χ0v) is 18.3. The van der Waals surface area contributed by atoms with Crippen molar-refractivity contribution in [3.05, 3.63) is 94.1 Å². The SMILES string of the molecule is O=C(Cn1nnc2ccccc21)N/N=c1\scc(-c2ccc(Cl)cc2)n1-c1ccccc1. The van der Waals surface area contributed by atoms with Gasteiger partial charge in [0.2, 0.25) is 4.80 Å². The lowest BCUT2D eigenvalue weighted by atomic mass is 10.1. The van der Waals surface area contributed by atoms with Crippen LogP contribution in [-0.4, -0.2) is 25.5 Å². The van der Waals surface area contributed by atoms with Gasteiger partial charge in [0.25, 0.3) is 5.91 Å². The fourth-order valence-electron chi connectivity index (χ4n) is 3.35. The summed E-state index contributed by atoms with van der Waals surface area (Å²) in [7, 11) is 0. The minimum atomic E-state index is -0.290. The molecule has 0 atom stereocenters. The molecular weight excluding hydrogens is 444 g/mol. The summed E-state index contributed by atoms with van der Waals surface area (Å²) in [5, 5.41) is 15.2. The van der Waals surface area contributed by atoms with Gasteiger partial charge in [-0.15, -0.1) is 21.5 Å². The maximum Gasteiger partial charge on any atom is 0.261 e. The lowest BCUT2D eigenvalue weighted by molar-refractivity contribution is -0.121. The Kier molecular flexibility index (Phi) is 5.53. The molecule has 5 aromatic rings. The smallest absolute Gasteiger partial charge is 0.261 e. The Morgan fingerprint density at radius 1 is 1.00 bits per heavy atom. The van der Waals surface area contributed by atoms with E-state index in [0.29, 0.717) is 9.82 Å². The zero-order chi connectivity index (χ0) is 21.9. The molecule has 158 valence electrons. The van der Waals surface area contributed by atoms with E-state index in [0.717, 1.165) is 28.0 Å². The predicted octanol–water partition coefficient (Wildman–Crippen LogP) is 4.24. The van der Waals surface area contributed by atoms with Crippen LogP contribution in [0.1, 0.15) is 0 Å². The van der Waals surface area contributed by atoms with Crippen LogP contribution in [0, 0.1) is 0 Å². The number of nitrogens with zero attached hydrogens (tertiary/aromatic N) is 5. The summed E-state index contributed by atoms with van der Waals surface area (Å²) in [6, 6.07) is 25.0. The summed E-state index contributed by atoms with van der Waals surface area (Å²) >= 11 is 7.49. The zero-order valence-electron chi connectivity index (χ0n) is 16.7. The van der Waals surface area contributed by atoms with Gasteiger partial charge in [0.1, 0.15) is 12.1 Å². The number of fused-ring (bicyclic) bond motifs is 1. The number of aromatic nitrogens is 4. The highest BCUT2D eigenvalue weighted by Crippen LogP contribution is 2.24.